The van der Waals surface area contributed by atoms with Crippen LogP contribution < -0.4 is 5.32 Å². The maximum Gasteiger partial charge on any atom is 0.242 e. The molecule has 0 aromatic carbocycles. The van der Waals surface area contributed by atoms with Crippen LogP contribution in [0.4, 0.5) is 0 Å². The van der Waals surface area contributed by atoms with Crippen LogP contribution in [0, 0.1) is 16.7 Å². The first-order valence-corrected chi connectivity index (χ1v) is 5.90. The summed E-state index contributed by atoms with van der Waals surface area (Å²) in [5.74, 6) is -0.210. The van der Waals surface area contributed by atoms with Crippen LogP contribution in [0.25, 0.3) is 0 Å². The van der Waals surface area contributed by atoms with Crippen molar-refractivity contribution in [1.82, 2.24) is 10.2 Å². The molecule has 5 nitrogen and oxygen atoms in total. The van der Waals surface area contributed by atoms with Gasteiger partial charge in [-0.3, -0.25) is 9.59 Å². The van der Waals surface area contributed by atoms with Crippen molar-refractivity contribution in [2.45, 2.75) is 39.7 Å². The number of hydrogen-bond acceptors (Lipinski definition) is 3. The highest BCUT2D eigenvalue weighted by Gasteiger charge is 2.38. The van der Waals surface area contributed by atoms with Gasteiger partial charge in [0.05, 0.1) is 6.07 Å². The van der Waals surface area contributed by atoms with Crippen LogP contribution in [0.5, 0.6) is 0 Å². The molecule has 0 radical (unpaired) electrons. The third-order valence-corrected chi connectivity index (χ3v) is 3.31. The fourth-order valence-corrected chi connectivity index (χ4v) is 1.98. The summed E-state index contributed by atoms with van der Waals surface area (Å²) in [6, 6.07) is 2.11. The molecule has 0 spiro atoms. The standard InChI is InChI=1S/C12H19N3O2/c1-4-12(3,8-13)11(17)15-6-5-10(7-15)14-9(2)16/h10H,4-7H2,1-3H3,(H,14,16). The smallest absolute Gasteiger partial charge is 0.242 e. The Bertz CT molecular complexity index is 361. The molecule has 1 rings (SSSR count). The summed E-state index contributed by atoms with van der Waals surface area (Å²) in [5.41, 5.74) is -0.939. The van der Waals surface area contributed by atoms with Crippen LogP contribution in [-0.4, -0.2) is 35.8 Å². The fourth-order valence-electron chi connectivity index (χ4n) is 1.98. The summed E-state index contributed by atoms with van der Waals surface area (Å²) in [4.78, 5) is 24.7. The highest BCUT2D eigenvalue weighted by molar-refractivity contribution is 5.85. The molecule has 0 bridgehead atoms. The van der Waals surface area contributed by atoms with E-state index in [1.165, 1.54) is 6.92 Å². The lowest BCUT2D eigenvalue weighted by molar-refractivity contribution is -0.137. The van der Waals surface area contributed by atoms with Crippen molar-refractivity contribution in [3.8, 4) is 6.07 Å². The largest absolute Gasteiger partial charge is 0.352 e. The minimum Gasteiger partial charge on any atom is -0.352 e. The zero-order valence-corrected chi connectivity index (χ0v) is 10.6. The van der Waals surface area contributed by atoms with Gasteiger partial charge >= 0.3 is 0 Å². The second-order valence-corrected chi connectivity index (χ2v) is 4.73. The number of amides is 2. The van der Waals surface area contributed by atoms with Gasteiger partial charge in [-0.05, 0) is 19.8 Å². The van der Waals surface area contributed by atoms with Crippen molar-refractivity contribution in [3.63, 3.8) is 0 Å². The Balaban J connectivity index is 2.63. The van der Waals surface area contributed by atoms with Gasteiger partial charge in [-0.2, -0.15) is 5.26 Å². The minimum atomic E-state index is -0.939. The normalized spacial score (nSPS) is 22.7. The van der Waals surface area contributed by atoms with E-state index in [2.05, 4.69) is 11.4 Å². The van der Waals surface area contributed by atoms with Gasteiger partial charge in [0, 0.05) is 26.1 Å². The van der Waals surface area contributed by atoms with Crippen molar-refractivity contribution in [2.24, 2.45) is 5.41 Å². The Morgan fingerprint density at radius 3 is 2.71 bits per heavy atom. The summed E-state index contributed by atoms with van der Waals surface area (Å²) < 4.78 is 0. The number of carbonyl (C=O) groups is 2. The highest BCUT2D eigenvalue weighted by atomic mass is 16.2. The third-order valence-electron chi connectivity index (χ3n) is 3.31. The molecule has 17 heavy (non-hydrogen) atoms. The molecule has 1 saturated heterocycles. The number of likely N-dealkylation sites (tertiary alicyclic amines) is 1. The number of carbonyl (C=O) groups excluding carboxylic acids is 2. The van der Waals surface area contributed by atoms with Crippen molar-refractivity contribution in [2.75, 3.05) is 13.1 Å². The van der Waals surface area contributed by atoms with Gasteiger partial charge in [0.2, 0.25) is 11.8 Å². The Hall–Kier alpha value is -1.57. The Morgan fingerprint density at radius 1 is 1.59 bits per heavy atom. The molecule has 0 aromatic heterocycles. The number of hydrogen-bond donors (Lipinski definition) is 1. The third kappa shape index (κ3) is 2.96. The number of nitriles is 1. The number of rotatable bonds is 3. The van der Waals surface area contributed by atoms with E-state index in [1.807, 2.05) is 6.92 Å². The quantitative estimate of drug-likeness (QED) is 0.783. The molecule has 2 unspecified atom stereocenters. The van der Waals surface area contributed by atoms with Crippen LogP contribution in [0.2, 0.25) is 0 Å². The lowest BCUT2D eigenvalue weighted by Gasteiger charge is -2.25. The van der Waals surface area contributed by atoms with E-state index in [-0.39, 0.29) is 17.9 Å². The van der Waals surface area contributed by atoms with Gasteiger partial charge in [-0.25, -0.2) is 0 Å². The molecule has 1 N–H and O–H groups in total. The van der Waals surface area contributed by atoms with E-state index in [9.17, 15) is 9.59 Å². The highest BCUT2D eigenvalue weighted by Crippen LogP contribution is 2.25. The maximum atomic E-state index is 12.2. The van der Waals surface area contributed by atoms with E-state index in [4.69, 9.17) is 5.26 Å². The zero-order valence-electron chi connectivity index (χ0n) is 10.6. The first-order valence-electron chi connectivity index (χ1n) is 5.90. The zero-order chi connectivity index (χ0) is 13.1. The van der Waals surface area contributed by atoms with E-state index in [0.29, 0.717) is 19.5 Å². The predicted octanol–water partition coefficient (Wildman–Crippen LogP) is 0.663. The average Bonchev–Trinajstić information content (AvgIpc) is 2.74. The minimum absolute atomic E-state index is 0.0243. The van der Waals surface area contributed by atoms with Crippen LogP contribution in [0.1, 0.15) is 33.6 Å². The fraction of sp³-hybridized carbons (Fsp3) is 0.750. The molecule has 1 heterocycles. The monoisotopic (exact) mass is 237 g/mol. The van der Waals surface area contributed by atoms with Gasteiger partial charge in [-0.15, -0.1) is 0 Å². The topological polar surface area (TPSA) is 73.2 Å². The Kier molecular flexibility index (Phi) is 4.11. The van der Waals surface area contributed by atoms with E-state index in [1.54, 1.807) is 11.8 Å². The van der Waals surface area contributed by atoms with Crippen LogP contribution >= 0.6 is 0 Å². The van der Waals surface area contributed by atoms with Crippen molar-refractivity contribution in [3.05, 3.63) is 0 Å². The van der Waals surface area contributed by atoms with Gasteiger partial charge in [0.25, 0.3) is 0 Å². The molecule has 2 amide bonds. The summed E-state index contributed by atoms with van der Waals surface area (Å²) in [5, 5.41) is 11.9. The van der Waals surface area contributed by atoms with E-state index >= 15 is 0 Å². The predicted molar refractivity (Wildman–Crippen MR) is 62.8 cm³/mol. The lowest BCUT2D eigenvalue weighted by Crippen LogP contribution is -2.42. The Labute approximate surface area is 102 Å². The molecule has 94 valence electrons. The summed E-state index contributed by atoms with van der Waals surface area (Å²) in [6.45, 7) is 6.09. The van der Waals surface area contributed by atoms with Crippen LogP contribution in [0.15, 0.2) is 0 Å². The number of nitrogens with one attached hydrogen (secondary N) is 1. The van der Waals surface area contributed by atoms with Crippen molar-refractivity contribution < 1.29 is 9.59 Å². The number of nitrogens with zero attached hydrogens (tertiary/aromatic N) is 2. The van der Waals surface area contributed by atoms with Crippen molar-refractivity contribution in [1.29, 1.82) is 5.26 Å². The van der Waals surface area contributed by atoms with Gasteiger partial charge < -0.3 is 10.2 Å². The van der Waals surface area contributed by atoms with Gasteiger partial charge in [-0.1, -0.05) is 6.92 Å². The van der Waals surface area contributed by atoms with Gasteiger partial charge in [0.15, 0.2) is 0 Å². The second kappa shape index (κ2) is 5.17. The molecular formula is C12H19N3O2. The second-order valence-electron chi connectivity index (χ2n) is 4.73. The lowest BCUT2D eigenvalue weighted by atomic mass is 9.88. The maximum absolute atomic E-state index is 12.2. The molecule has 1 fully saturated rings. The molecule has 1 aliphatic rings. The molecule has 1 aliphatic heterocycles. The van der Waals surface area contributed by atoms with E-state index < -0.39 is 5.41 Å². The molecule has 0 aliphatic carbocycles. The van der Waals surface area contributed by atoms with E-state index in [0.717, 1.165) is 6.42 Å². The Morgan fingerprint density at radius 2 is 2.24 bits per heavy atom. The molecule has 2 atom stereocenters. The van der Waals surface area contributed by atoms with Crippen LogP contribution in [-0.2, 0) is 9.59 Å². The molecule has 0 aromatic rings. The van der Waals surface area contributed by atoms with Crippen molar-refractivity contribution >= 4 is 11.8 Å². The SMILES string of the molecule is CCC(C)(C#N)C(=O)N1CCC(NC(C)=O)C1. The first kappa shape index (κ1) is 13.5. The molecule has 0 saturated carbocycles. The summed E-state index contributed by atoms with van der Waals surface area (Å²) >= 11 is 0. The summed E-state index contributed by atoms with van der Waals surface area (Å²) in [6.07, 6.45) is 1.26. The average molecular weight is 237 g/mol. The van der Waals surface area contributed by atoms with Crippen LogP contribution in [0.3, 0.4) is 0 Å². The van der Waals surface area contributed by atoms with Gasteiger partial charge in [0.1, 0.15) is 5.41 Å². The molecule has 5 heteroatoms. The first-order chi connectivity index (χ1) is 7.92. The molecular weight excluding hydrogens is 218 g/mol. The summed E-state index contributed by atoms with van der Waals surface area (Å²) in [7, 11) is 0.